The summed E-state index contributed by atoms with van der Waals surface area (Å²) in [6.07, 6.45) is -0.863. The van der Waals surface area contributed by atoms with Crippen LogP contribution in [0.2, 0.25) is 0 Å². The Bertz CT molecular complexity index is 982. The molecular formula is C10H17N2O14P3. The number of rotatable bonds is 9. The van der Waals surface area contributed by atoms with Gasteiger partial charge in [-0.05, 0) is 0 Å². The highest BCUT2D eigenvalue weighted by molar-refractivity contribution is 7.66. The summed E-state index contributed by atoms with van der Waals surface area (Å²) in [6.45, 7) is -1.26. The maximum absolute atomic E-state index is 11.8. The summed E-state index contributed by atoms with van der Waals surface area (Å²) in [4.78, 5) is 60.4. The van der Waals surface area contributed by atoms with Crippen LogP contribution in [-0.4, -0.2) is 53.5 Å². The molecule has 0 amide bonds. The van der Waals surface area contributed by atoms with Gasteiger partial charge in [0.25, 0.3) is 5.56 Å². The number of nitrogens with zero attached hydrogens (tertiary/aromatic N) is 1. The van der Waals surface area contributed by atoms with Gasteiger partial charge in [0, 0.05) is 31.2 Å². The van der Waals surface area contributed by atoms with Gasteiger partial charge >= 0.3 is 29.2 Å². The second-order valence-electron chi connectivity index (χ2n) is 5.71. The van der Waals surface area contributed by atoms with Gasteiger partial charge in [0.2, 0.25) is 0 Å². The SMILES string of the molecule is O=c1ccn([C@H]2C[C@H](CO)[C@@H](COP(=O)(O)OP(=O)(O)OP(=O)(O)O)O2)c(=O)[nH]1. The van der Waals surface area contributed by atoms with Crippen LogP contribution in [0.25, 0.3) is 0 Å². The van der Waals surface area contributed by atoms with Crippen molar-refractivity contribution in [1.29, 1.82) is 0 Å². The molecule has 2 rings (SSSR count). The first-order valence-corrected chi connectivity index (χ1v) is 12.1. The number of nitrogens with one attached hydrogen (secondary N) is 1. The molecule has 2 heterocycles. The molecule has 5 atom stereocenters. The first kappa shape index (κ1) is 24.3. The summed E-state index contributed by atoms with van der Waals surface area (Å²) in [7, 11) is -16.5. The van der Waals surface area contributed by atoms with Crippen molar-refractivity contribution >= 4 is 23.5 Å². The number of aromatic amines is 1. The van der Waals surface area contributed by atoms with E-state index in [1.807, 2.05) is 4.98 Å². The van der Waals surface area contributed by atoms with Crippen molar-refractivity contribution in [3.8, 4) is 0 Å². The van der Waals surface area contributed by atoms with Crippen LogP contribution in [0.15, 0.2) is 21.9 Å². The van der Waals surface area contributed by atoms with Crippen molar-refractivity contribution in [1.82, 2.24) is 9.55 Å². The smallest absolute Gasteiger partial charge is 0.396 e. The highest BCUT2D eigenvalue weighted by atomic mass is 31.3. The van der Waals surface area contributed by atoms with Gasteiger partial charge in [0.15, 0.2) is 0 Å². The van der Waals surface area contributed by atoms with E-state index in [1.54, 1.807) is 0 Å². The maximum Gasteiger partial charge on any atom is 0.490 e. The number of hydrogen-bond donors (Lipinski definition) is 6. The number of aromatic nitrogens is 2. The van der Waals surface area contributed by atoms with Crippen LogP contribution < -0.4 is 11.2 Å². The van der Waals surface area contributed by atoms with Crippen molar-refractivity contribution in [3.63, 3.8) is 0 Å². The minimum absolute atomic E-state index is 0.0485. The summed E-state index contributed by atoms with van der Waals surface area (Å²) in [5.41, 5.74) is -1.44. The highest BCUT2D eigenvalue weighted by Crippen LogP contribution is 2.66. The fraction of sp³-hybridized carbons (Fsp3) is 0.600. The molecule has 0 saturated carbocycles. The molecule has 0 aliphatic carbocycles. The topological polar surface area (TPSA) is 244 Å². The zero-order valence-corrected chi connectivity index (χ0v) is 16.9. The highest BCUT2D eigenvalue weighted by Gasteiger charge is 2.43. The van der Waals surface area contributed by atoms with Gasteiger partial charge in [-0.25, -0.2) is 18.5 Å². The molecule has 6 N–H and O–H groups in total. The predicted molar refractivity (Wildman–Crippen MR) is 90.2 cm³/mol. The largest absolute Gasteiger partial charge is 0.490 e. The number of ether oxygens (including phenoxy) is 1. The van der Waals surface area contributed by atoms with Gasteiger partial charge in [0.05, 0.1) is 12.7 Å². The van der Waals surface area contributed by atoms with E-state index in [4.69, 9.17) is 19.4 Å². The summed E-state index contributed by atoms with van der Waals surface area (Å²) >= 11 is 0. The van der Waals surface area contributed by atoms with Gasteiger partial charge in [-0.2, -0.15) is 8.62 Å². The van der Waals surface area contributed by atoms with Gasteiger partial charge in [-0.15, -0.1) is 0 Å². The molecule has 1 aliphatic rings. The Morgan fingerprint density at radius 2 is 1.79 bits per heavy atom. The Hall–Kier alpha value is -0.990. The molecular weight excluding hydrogens is 465 g/mol. The second kappa shape index (κ2) is 9.02. The molecule has 1 aliphatic heterocycles. The minimum atomic E-state index is -5.66. The summed E-state index contributed by atoms with van der Waals surface area (Å²) in [5, 5.41) is 9.42. The number of aliphatic hydroxyl groups is 1. The molecule has 1 aromatic rings. The lowest BCUT2D eigenvalue weighted by atomic mass is 10.0. The van der Waals surface area contributed by atoms with Gasteiger partial charge in [-0.1, -0.05) is 0 Å². The van der Waals surface area contributed by atoms with E-state index in [1.165, 1.54) is 0 Å². The zero-order valence-electron chi connectivity index (χ0n) is 14.2. The van der Waals surface area contributed by atoms with E-state index in [-0.39, 0.29) is 6.42 Å². The predicted octanol–water partition coefficient (Wildman–Crippen LogP) is -1.22. The lowest BCUT2D eigenvalue weighted by molar-refractivity contribution is -0.0360. The van der Waals surface area contributed by atoms with E-state index in [9.17, 15) is 33.3 Å². The molecule has 0 radical (unpaired) electrons. The van der Waals surface area contributed by atoms with E-state index in [0.29, 0.717) is 0 Å². The number of hydrogen-bond acceptors (Lipinski definition) is 10. The molecule has 19 heteroatoms. The van der Waals surface area contributed by atoms with Crippen molar-refractivity contribution < 1.29 is 56.3 Å². The molecule has 0 bridgehead atoms. The first-order valence-electron chi connectivity index (χ1n) is 7.57. The van der Waals surface area contributed by atoms with E-state index >= 15 is 0 Å². The number of phosphoric ester groups is 1. The molecule has 1 fully saturated rings. The third-order valence-corrected chi connectivity index (χ3v) is 7.38. The van der Waals surface area contributed by atoms with E-state index in [2.05, 4.69) is 13.1 Å². The molecule has 0 aromatic carbocycles. The van der Waals surface area contributed by atoms with Gasteiger partial charge in [0.1, 0.15) is 6.23 Å². The normalized spacial score (nSPS) is 26.7. The van der Waals surface area contributed by atoms with Crippen LogP contribution >= 0.6 is 23.5 Å². The lowest BCUT2D eigenvalue weighted by Gasteiger charge is -2.20. The third kappa shape index (κ3) is 7.33. The van der Waals surface area contributed by atoms with Crippen molar-refractivity contribution in [3.05, 3.63) is 33.1 Å². The second-order valence-corrected chi connectivity index (χ2v) is 10.1. The van der Waals surface area contributed by atoms with Crippen LogP contribution in [0.4, 0.5) is 0 Å². The van der Waals surface area contributed by atoms with Gasteiger partial charge in [-0.3, -0.25) is 18.9 Å². The Morgan fingerprint density at radius 1 is 1.14 bits per heavy atom. The fourth-order valence-electron chi connectivity index (χ4n) is 2.45. The van der Waals surface area contributed by atoms with Crippen molar-refractivity contribution in [2.75, 3.05) is 13.2 Å². The Morgan fingerprint density at radius 3 is 2.34 bits per heavy atom. The van der Waals surface area contributed by atoms with Crippen molar-refractivity contribution in [2.24, 2.45) is 5.92 Å². The quantitative estimate of drug-likeness (QED) is 0.226. The summed E-state index contributed by atoms with van der Waals surface area (Å²) in [6, 6.07) is 1.05. The Labute approximate surface area is 161 Å². The van der Waals surface area contributed by atoms with Crippen LogP contribution in [0.1, 0.15) is 12.6 Å². The molecule has 16 nitrogen and oxygen atoms in total. The maximum atomic E-state index is 11.8. The molecule has 0 spiro atoms. The molecule has 1 saturated heterocycles. The molecule has 29 heavy (non-hydrogen) atoms. The van der Waals surface area contributed by atoms with E-state index < -0.39 is 66.2 Å². The number of phosphoric acid groups is 3. The minimum Gasteiger partial charge on any atom is -0.396 e. The fourth-order valence-corrected chi connectivity index (χ4v) is 5.48. The number of aliphatic hydroxyl groups excluding tert-OH is 1. The number of H-pyrrole nitrogens is 1. The van der Waals surface area contributed by atoms with Crippen LogP contribution in [0.3, 0.4) is 0 Å². The first-order chi connectivity index (χ1) is 13.2. The summed E-state index contributed by atoms with van der Waals surface area (Å²) in [5.74, 6) is -0.703. The Kier molecular flexibility index (Phi) is 7.55. The Balaban J connectivity index is 2.04. The lowest BCUT2D eigenvalue weighted by Crippen LogP contribution is -2.31. The van der Waals surface area contributed by atoms with Gasteiger partial charge < -0.3 is 29.4 Å². The monoisotopic (exact) mass is 482 g/mol. The standard InChI is InChI=1S/C10H17N2O14P3/c13-4-6-3-9(12-2-1-8(14)11-10(12)15)24-7(6)5-23-28(19,20)26-29(21,22)25-27(16,17)18/h1-2,6-7,9,13H,3-5H2,(H,19,20)(H,21,22)(H,11,14,15)(H2,16,17,18)/t6-,7-,9-/m1/s1. The zero-order chi connectivity index (χ0) is 22.0. The molecule has 1 aromatic heterocycles. The molecule has 166 valence electrons. The third-order valence-electron chi connectivity index (χ3n) is 3.58. The van der Waals surface area contributed by atoms with Crippen LogP contribution in [-0.2, 0) is 31.6 Å². The average Bonchev–Trinajstić information content (AvgIpc) is 2.92. The van der Waals surface area contributed by atoms with Crippen molar-refractivity contribution in [2.45, 2.75) is 18.8 Å². The van der Waals surface area contributed by atoms with E-state index in [0.717, 1.165) is 16.8 Å². The van der Waals surface area contributed by atoms with Crippen LogP contribution in [0.5, 0.6) is 0 Å². The summed E-state index contributed by atoms with van der Waals surface area (Å²) < 4.78 is 51.7. The molecule has 2 unspecified atom stereocenters. The average molecular weight is 482 g/mol. The van der Waals surface area contributed by atoms with Crippen LogP contribution in [0, 0.1) is 5.92 Å².